The molecule has 4 rings (SSSR count). The molecule has 11 heteroatoms. The van der Waals surface area contributed by atoms with E-state index in [4.69, 9.17) is 11.6 Å². The van der Waals surface area contributed by atoms with Crippen LogP contribution in [0.3, 0.4) is 0 Å². The second kappa shape index (κ2) is 8.84. The van der Waals surface area contributed by atoms with Crippen LogP contribution in [0.4, 0.5) is 10.2 Å². The molecule has 9 nitrogen and oxygen atoms in total. The molecule has 0 radical (unpaired) electrons. The van der Waals surface area contributed by atoms with E-state index in [0.717, 1.165) is 0 Å². The van der Waals surface area contributed by atoms with Gasteiger partial charge in [-0.15, -0.1) is 0 Å². The third kappa shape index (κ3) is 4.15. The summed E-state index contributed by atoms with van der Waals surface area (Å²) in [5.41, 5.74) is 0.823. The van der Waals surface area contributed by atoms with Crippen molar-refractivity contribution in [3.05, 3.63) is 47.1 Å². The fourth-order valence-electron chi connectivity index (χ4n) is 3.75. The zero-order valence-electron chi connectivity index (χ0n) is 16.8. The van der Waals surface area contributed by atoms with Crippen molar-refractivity contribution in [2.45, 2.75) is 32.0 Å². The van der Waals surface area contributed by atoms with E-state index in [0.29, 0.717) is 41.8 Å². The van der Waals surface area contributed by atoms with E-state index in [1.165, 1.54) is 22.0 Å². The van der Waals surface area contributed by atoms with Gasteiger partial charge in [-0.25, -0.2) is 19.0 Å². The molecule has 1 atom stereocenters. The van der Waals surface area contributed by atoms with Crippen LogP contribution in [0.1, 0.15) is 18.4 Å². The molecule has 3 heterocycles. The highest BCUT2D eigenvalue weighted by Crippen LogP contribution is 2.22. The number of amides is 2. The smallest absolute Gasteiger partial charge is 0.245 e. The first-order valence-electron chi connectivity index (χ1n) is 9.84. The summed E-state index contributed by atoms with van der Waals surface area (Å²) in [6, 6.07) is 4.01. The highest BCUT2D eigenvalue weighted by Gasteiger charge is 2.34. The van der Waals surface area contributed by atoms with Crippen LogP contribution < -0.4 is 10.6 Å². The highest BCUT2D eigenvalue weighted by atomic mass is 35.5. The largest absolute Gasteiger partial charge is 0.372 e. The normalized spacial score (nSPS) is 16.0. The van der Waals surface area contributed by atoms with Crippen molar-refractivity contribution >= 4 is 40.3 Å². The maximum absolute atomic E-state index is 14.1. The van der Waals surface area contributed by atoms with Crippen molar-refractivity contribution < 1.29 is 14.0 Å². The summed E-state index contributed by atoms with van der Waals surface area (Å²) < 4.78 is 15.6. The van der Waals surface area contributed by atoms with Gasteiger partial charge in [0.1, 0.15) is 30.5 Å². The molecule has 1 aromatic carbocycles. The maximum atomic E-state index is 14.1. The Balaban J connectivity index is 1.44. The van der Waals surface area contributed by atoms with Crippen LogP contribution in [0.2, 0.25) is 5.02 Å². The second-order valence-corrected chi connectivity index (χ2v) is 7.59. The number of halogens is 2. The average Bonchev–Trinajstić information content (AvgIpc) is 3.42. The third-order valence-electron chi connectivity index (χ3n) is 5.32. The fraction of sp³-hybridized carbons (Fsp3) is 0.350. The lowest BCUT2D eigenvalue weighted by Crippen LogP contribution is -2.46. The Morgan fingerprint density at radius 2 is 2.16 bits per heavy atom. The minimum Gasteiger partial charge on any atom is -0.372 e. The lowest BCUT2D eigenvalue weighted by molar-refractivity contribution is -0.139. The molecule has 31 heavy (non-hydrogen) atoms. The number of likely N-dealkylation sites (tertiary alicyclic amines) is 1. The SMILES string of the molecule is CNc1ncnc2c1cnn2CC(=O)N1CCC[C@H]1C(=O)NCc1cccc(Cl)c1F. The molecule has 0 spiro atoms. The number of carbonyl (C=O) groups excluding carboxylic acids is 2. The Kier molecular flexibility index (Phi) is 5.99. The molecule has 0 aliphatic carbocycles. The molecule has 3 aromatic rings. The van der Waals surface area contributed by atoms with Crippen LogP contribution in [0, 0.1) is 5.82 Å². The van der Waals surface area contributed by atoms with Gasteiger partial charge in [0.05, 0.1) is 16.6 Å². The Morgan fingerprint density at radius 1 is 1.32 bits per heavy atom. The third-order valence-corrected chi connectivity index (χ3v) is 5.61. The summed E-state index contributed by atoms with van der Waals surface area (Å²) in [7, 11) is 1.74. The molecule has 1 saturated heterocycles. The summed E-state index contributed by atoms with van der Waals surface area (Å²) >= 11 is 5.79. The van der Waals surface area contributed by atoms with E-state index >= 15 is 0 Å². The van der Waals surface area contributed by atoms with Crippen LogP contribution >= 0.6 is 11.6 Å². The number of nitrogens with one attached hydrogen (secondary N) is 2. The van der Waals surface area contributed by atoms with E-state index in [2.05, 4.69) is 25.7 Å². The van der Waals surface area contributed by atoms with Gasteiger partial charge >= 0.3 is 0 Å². The predicted octanol–water partition coefficient (Wildman–Crippen LogP) is 1.97. The fourth-order valence-corrected chi connectivity index (χ4v) is 3.94. The molecule has 0 bridgehead atoms. The van der Waals surface area contributed by atoms with Gasteiger partial charge in [0, 0.05) is 25.7 Å². The summed E-state index contributed by atoms with van der Waals surface area (Å²) in [4.78, 5) is 35.5. The summed E-state index contributed by atoms with van der Waals surface area (Å²) in [5, 5.41) is 10.6. The van der Waals surface area contributed by atoms with Crippen LogP contribution in [-0.2, 0) is 22.7 Å². The Labute approximate surface area is 182 Å². The lowest BCUT2D eigenvalue weighted by Gasteiger charge is -2.24. The number of benzene rings is 1. The zero-order valence-corrected chi connectivity index (χ0v) is 17.6. The standard InChI is InChI=1S/C20H21ClFN7O2/c1-23-18-13-9-27-29(19(13)26-11-25-18)10-16(30)28-7-3-6-15(28)20(31)24-8-12-4-2-5-14(21)17(12)22/h2,4-5,9,11,15H,3,6-8,10H2,1H3,(H,24,31)(H,23,25,26)/t15-/m0/s1. The molecule has 1 fully saturated rings. The van der Waals surface area contributed by atoms with Crippen molar-refractivity contribution in [3.8, 4) is 0 Å². The predicted molar refractivity (Wildman–Crippen MR) is 113 cm³/mol. The molecular weight excluding hydrogens is 425 g/mol. The number of anilines is 1. The molecule has 0 unspecified atom stereocenters. The van der Waals surface area contributed by atoms with Gasteiger partial charge in [0.15, 0.2) is 5.65 Å². The first kappa shape index (κ1) is 21.0. The number of fused-ring (bicyclic) bond motifs is 1. The molecule has 2 N–H and O–H groups in total. The average molecular weight is 446 g/mol. The van der Waals surface area contributed by atoms with E-state index in [1.807, 2.05) is 0 Å². The van der Waals surface area contributed by atoms with Crippen molar-refractivity contribution in [3.63, 3.8) is 0 Å². The first-order chi connectivity index (χ1) is 15.0. The number of hydrogen-bond donors (Lipinski definition) is 2. The second-order valence-electron chi connectivity index (χ2n) is 7.19. The van der Waals surface area contributed by atoms with Crippen molar-refractivity contribution in [1.82, 2.24) is 30.0 Å². The van der Waals surface area contributed by atoms with Gasteiger partial charge in [0.25, 0.3) is 0 Å². The van der Waals surface area contributed by atoms with Gasteiger partial charge in [-0.1, -0.05) is 23.7 Å². The minimum absolute atomic E-state index is 0.00103. The number of carbonyl (C=O) groups is 2. The first-order valence-corrected chi connectivity index (χ1v) is 10.2. The Hall–Kier alpha value is -3.27. The van der Waals surface area contributed by atoms with Crippen LogP contribution in [-0.4, -0.2) is 56.1 Å². The Morgan fingerprint density at radius 3 is 2.97 bits per heavy atom. The van der Waals surface area contributed by atoms with Gasteiger partial charge in [-0.2, -0.15) is 5.10 Å². The molecule has 0 saturated carbocycles. The molecular formula is C20H21ClFN7O2. The summed E-state index contributed by atoms with van der Waals surface area (Å²) in [5.74, 6) is -0.496. The Bertz CT molecular complexity index is 1140. The van der Waals surface area contributed by atoms with E-state index in [9.17, 15) is 14.0 Å². The molecule has 2 amide bonds. The van der Waals surface area contributed by atoms with Gasteiger partial charge in [-0.05, 0) is 18.9 Å². The number of aromatic nitrogens is 4. The number of nitrogens with zero attached hydrogens (tertiary/aromatic N) is 5. The summed E-state index contributed by atoms with van der Waals surface area (Å²) in [6.45, 7) is 0.423. The topological polar surface area (TPSA) is 105 Å². The van der Waals surface area contributed by atoms with Crippen LogP contribution in [0.15, 0.2) is 30.7 Å². The van der Waals surface area contributed by atoms with Crippen molar-refractivity contribution in [2.75, 3.05) is 18.9 Å². The van der Waals surface area contributed by atoms with E-state index in [1.54, 1.807) is 25.4 Å². The summed E-state index contributed by atoms with van der Waals surface area (Å²) in [6.07, 6.45) is 4.25. The minimum atomic E-state index is -0.612. The van der Waals surface area contributed by atoms with Gasteiger partial charge in [0.2, 0.25) is 11.8 Å². The van der Waals surface area contributed by atoms with Gasteiger partial charge < -0.3 is 15.5 Å². The van der Waals surface area contributed by atoms with E-state index in [-0.39, 0.29) is 29.9 Å². The highest BCUT2D eigenvalue weighted by molar-refractivity contribution is 6.30. The molecule has 2 aromatic heterocycles. The van der Waals surface area contributed by atoms with Crippen LogP contribution in [0.25, 0.3) is 11.0 Å². The van der Waals surface area contributed by atoms with Crippen molar-refractivity contribution in [2.24, 2.45) is 0 Å². The zero-order chi connectivity index (χ0) is 22.0. The van der Waals surface area contributed by atoms with Gasteiger partial charge in [-0.3, -0.25) is 9.59 Å². The molecule has 162 valence electrons. The maximum Gasteiger partial charge on any atom is 0.245 e. The monoisotopic (exact) mass is 445 g/mol. The quantitative estimate of drug-likeness (QED) is 0.601. The van der Waals surface area contributed by atoms with E-state index < -0.39 is 11.9 Å². The number of hydrogen-bond acceptors (Lipinski definition) is 6. The molecule has 1 aliphatic rings. The number of rotatable bonds is 6. The van der Waals surface area contributed by atoms with Crippen LogP contribution in [0.5, 0.6) is 0 Å². The molecule has 1 aliphatic heterocycles. The van der Waals surface area contributed by atoms with Crippen molar-refractivity contribution in [1.29, 1.82) is 0 Å². The lowest BCUT2D eigenvalue weighted by atomic mass is 10.1.